The summed E-state index contributed by atoms with van der Waals surface area (Å²) in [6, 6.07) is 8.75. The standard InChI is InChI=1S/C13H7BrFN3O2/c14-9-6-8(15)2-4-11(9)18-12-3-1-7(13(19)20)5-10(12)16-17-18/h1-6H,(H,19,20). The summed E-state index contributed by atoms with van der Waals surface area (Å²) in [5.41, 5.74) is 1.86. The molecule has 20 heavy (non-hydrogen) atoms. The van der Waals surface area contributed by atoms with Gasteiger partial charge in [0, 0.05) is 4.47 Å². The molecular weight excluding hydrogens is 329 g/mol. The zero-order valence-electron chi connectivity index (χ0n) is 9.92. The van der Waals surface area contributed by atoms with Crippen LogP contribution in [0.15, 0.2) is 40.9 Å². The first kappa shape index (κ1) is 12.7. The maximum Gasteiger partial charge on any atom is 0.335 e. The van der Waals surface area contributed by atoms with Crippen molar-refractivity contribution in [1.82, 2.24) is 15.0 Å². The van der Waals surface area contributed by atoms with E-state index in [9.17, 15) is 9.18 Å². The van der Waals surface area contributed by atoms with E-state index in [1.165, 1.54) is 28.9 Å². The molecule has 7 heteroatoms. The number of fused-ring (bicyclic) bond motifs is 1. The fraction of sp³-hybridized carbons (Fsp3) is 0. The normalized spacial score (nSPS) is 10.9. The lowest BCUT2D eigenvalue weighted by Gasteiger charge is -2.05. The predicted octanol–water partition coefficient (Wildman–Crippen LogP) is 3.02. The number of benzene rings is 2. The van der Waals surface area contributed by atoms with Gasteiger partial charge < -0.3 is 5.11 Å². The second kappa shape index (κ2) is 4.68. The molecule has 0 amide bonds. The van der Waals surface area contributed by atoms with E-state index in [0.29, 0.717) is 21.2 Å². The Hall–Kier alpha value is -2.28. The summed E-state index contributed by atoms with van der Waals surface area (Å²) >= 11 is 3.27. The van der Waals surface area contributed by atoms with Crippen LogP contribution in [-0.2, 0) is 0 Å². The van der Waals surface area contributed by atoms with Gasteiger partial charge in [0.1, 0.15) is 11.3 Å². The third-order valence-corrected chi connectivity index (χ3v) is 3.47. The van der Waals surface area contributed by atoms with Gasteiger partial charge in [-0.1, -0.05) is 5.21 Å². The van der Waals surface area contributed by atoms with Crippen molar-refractivity contribution >= 4 is 32.9 Å². The Balaban J connectivity index is 2.20. The number of carbonyl (C=O) groups is 1. The molecule has 0 saturated carbocycles. The minimum Gasteiger partial charge on any atom is -0.478 e. The zero-order valence-corrected chi connectivity index (χ0v) is 11.5. The minimum absolute atomic E-state index is 0.141. The number of rotatable bonds is 2. The van der Waals surface area contributed by atoms with Gasteiger partial charge in [0.15, 0.2) is 0 Å². The van der Waals surface area contributed by atoms with Crippen LogP contribution in [0.1, 0.15) is 10.4 Å². The van der Waals surface area contributed by atoms with Crippen molar-refractivity contribution in [1.29, 1.82) is 0 Å². The van der Waals surface area contributed by atoms with Crippen molar-refractivity contribution in [3.63, 3.8) is 0 Å². The summed E-state index contributed by atoms with van der Waals surface area (Å²) in [4.78, 5) is 10.9. The number of carboxylic acid groups (broad SMARTS) is 1. The molecule has 3 rings (SSSR count). The molecule has 0 fully saturated rings. The maximum atomic E-state index is 13.1. The Kier molecular flexibility index (Phi) is 2.98. The number of halogens is 2. The van der Waals surface area contributed by atoms with Crippen LogP contribution in [-0.4, -0.2) is 26.1 Å². The summed E-state index contributed by atoms with van der Waals surface area (Å²) < 4.78 is 15.2. The molecule has 0 aliphatic carbocycles. The summed E-state index contributed by atoms with van der Waals surface area (Å²) in [7, 11) is 0. The van der Waals surface area contributed by atoms with E-state index in [1.807, 2.05) is 0 Å². The molecule has 0 aliphatic heterocycles. The van der Waals surface area contributed by atoms with E-state index in [4.69, 9.17) is 5.11 Å². The van der Waals surface area contributed by atoms with Gasteiger partial charge in [-0.3, -0.25) is 0 Å². The van der Waals surface area contributed by atoms with Gasteiger partial charge in [-0.25, -0.2) is 13.9 Å². The Bertz CT molecular complexity index is 832. The highest BCUT2D eigenvalue weighted by atomic mass is 79.9. The van der Waals surface area contributed by atoms with Gasteiger partial charge in [0.25, 0.3) is 0 Å². The number of carboxylic acids is 1. The highest BCUT2D eigenvalue weighted by molar-refractivity contribution is 9.10. The van der Waals surface area contributed by atoms with E-state index in [0.717, 1.165) is 0 Å². The van der Waals surface area contributed by atoms with E-state index >= 15 is 0 Å². The maximum absolute atomic E-state index is 13.1. The van der Waals surface area contributed by atoms with Crippen molar-refractivity contribution < 1.29 is 14.3 Å². The van der Waals surface area contributed by atoms with Crippen LogP contribution in [0.25, 0.3) is 16.7 Å². The van der Waals surface area contributed by atoms with E-state index in [1.54, 1.807) is 12.1 Å². The van der Waals surface area contributed by atoms with Crippen molar-refractivity contribution in [3.05, 3.63) is 52.3 Å². The molecule has 1 aromatic heterocycles. The fourth-order valence-corrected chi connectivity index (χ4v) is 2.41. The largest absolute Gasteiger partial charge is 0.478 e. The fourth-order valence-electron chi connectivity index (χ4n) is 1.89. The molecule has 1 heterocycles. The lowest BCUT2D eigenvalue weighted by molar-refractivity contribution is 0.0697. The Labute approximate surface area is 120 Å². The average Bonchev–Trinajstić information content (AvgIpc) is 2.81. The van der Waals surface area contributed by atoms with Crippen LogP contribution >= 0.6 is 15.9 Å². The van der Waals surface area contributed by atoms with E-state index in [2.05, 4.69) is 26.2 Å². The minimum atomic E-state index is -1.02. The van der Waals surface area contributed by atoms with Crippen LogP contribution < -0.4 is 0 Å². The van der Waals surface area contributed by atoms with Gasteiger partial charge in [-0.2, -0.15) is 0 Å². The molecule has 0 saturated heterocycles. The molecule has 3 aromatic rings. The summed E-state index contributed by atoms with van der Waals surface area (Å²) in [6.07, 6.45) is 0. The third-order valence-electron chi connectivity index (χ3n) is 2.83. The van der Waals surface area contributed by atoms with Crippen molar-refractivity contribution in [2.45, 2.75) is 0 Å². The monoisotopic (exact) mass is 335 g/mol. The Morgan fingerprint density at radius 2 is 2.05 bits per heavy atom. The van der Waals surface area contributed by atoms with Crippen LogP contribution in [0.4, 0.5) is 4.39 Å². The number of hydrogen-bond donors (Lipinski definition) is 1. The van der Waals surface area contributed by atoms with Crippen LogP contribution in [0.5, 0.6) is 0 Å². The molecule has 1 N–H and O–H groups in total. The van der Waals surface area contributed by atoms with Crippen LogP contribution in [0.3, 0.4) is 0 Å². The third kappa shape index (κ3) is 2.05. The molecule has 2 aromatic carbocycles. The molecule has 0 atom stereocenters. The summed E-state index contributed by atoms with van der Waals surface area (Å²) in [6.45, 7) is 0. The van der Waals surface area contributed by atoms with Gasteiger partial charge in [-0.05, 0) is 52.3 Å². The first-order valence-electron chi connectivity index (χ1n) is 5.60. The highest BCUT2D eigenvalue weighted by Gasteiger charge is 2.12. The van der Waals surface area contributed by atoms with Gasteiger partial charge in [0.2, 0.25) is 0 Å². The number of nitrogens with zero attached hydrogens (tertiary/aromatic N) is 3. The van der Waals surface area contributed by atoms with E-state index < -0.39 is 5.97 Å². The lowest BCUT2D eigenvalue weighted by Crippen LogP contribution is -1.99. The average molecular weight is 336 g/mol. The quantitative estimate of drug-likeness (QED) is 0.781. The molecule has 100 valence electrons. The van der Waals surface area contributed by atoms with Gasteiger partial charge >= 0.3 is 5.97 Å². The predicted molar refractivity (Wildman–Crippen MR) is 73.5 cm³/mol. The molecule has 0 aliphatic rings. The molecule has 0 spiro atoms. The smallest absolute Gasteiger partial charge is 0.335 e. The molecule has 0 bridgehead atoms. The highest BCUT2D eigenvalue weighted by Crippen LogP contribution is 2.25. The van der Waals surface area contributed by atoms with E-state index in [-0.39, 0.29) is 11.4 Å². The summed E-state index contributed by atoms with van der Waals surface area (Å²) in [5.74, 6) is -1.39. The lowest BCUT2D eigenvalue weighted by atomic mass is 10.2. The molecule has 0 unspecified atom stereocenters. The summed E-state index contributed by atoms with van der Waals surface area (Å²) in [5, 5.41) is 16.9. The first-order valence-corrected chi connectivity index (χ1v) is 6.40. The number of aromatic carboxylic acids is 1. The molecular formula is C13H7BrFN3O2. The van der Waals surface area contributed by atoms with Crippen molar-refractivity contribution in [3.8, 4) is 5.69 Å². The number of aromatic nitrogens is 3. The molecule has 0 radical (unpaired) electrons. The SMILES string of the molecule is O=C(O)c1ccc2c(c1)nnn2-c1ccc(F)cc1Br. The topological polar surface area (TPSA) is 68.0 Å². The first-order chi connectivity index (χ1) is 9.56. The van der Waals surface area contributed by atoms with Crippen LogP contribution in [0, 0.1) is 5.82 Å². The Morgan fingerprint density at radius 3 is 2.75 bits per heavy atom. The zero-order chi connectivity index (χ0) is 14.3. The Morgan fingerprint density at radius 1 is 1.25 bits per heavy atom. The van der Waals surface area contributed by atoms with Crippen LogP contribution in [0.2, 0.25) is 0 Å². The van der Waals surface area contributed by atoms with Crippen molar-refractivity contribution in [2.75, 3.05) is 0 Å². The van der Waals surface area contributed by atoms with Crippen molar-refractivity contribution in [2.24, 2.45) is 0 Å². The molecule has 5 nitrogen and oxygen atoms in total. The van der Waals surface area contributed by atoms with Gasteiger partial charge in [-0.15, -0.1) is 5.10 Å². The number of hydrogen-bond acceptors (Lipinski definition) is 3. The second-order valence-corrected chi connectivity index (χ2v) is 4.96. The second-order valence-electron chi connectivity index (χ2n) is 4.11. The van der Waals surface area contributed by atoms with Gasteiger partial charge in [0.05, 0.1) is 16.8 Å².